The van der Waals surface area contributed by atoms with Crippen LogP contribution in [0, 0.1) is 20.8 Å². The molecule has 8 heteroatoms. The molecule has 2 aromatic carbocycles. The molecule has 0 bridgehead atoms. The third-order valence-electron chi connectivity index (χ3n) is 5.57. The first-order valence-electron chi connectivity index (χ1n) is 10.1. The maximum atomic E-state index is 13.6. The van der Waals surface area contributed by atoms with Crippen molar-refractivity contribution < 1.29 is 13.2 Å². The molecular weight excluding hydrogens is 414 g/mol. The molecular formula is C23H29N3O4S. The first-order valence-corrected chi connectivity index (χ1v) is 11.6. The number of nitrogens with zero attached hydrogens (tertiary/aromatic N) is 3. The normalized spacial score (nSPS) is 13.1. The van der Waals surface area contributed by atoms with E-state index in [0.717, 1.165) is 5.56 Å². The summed E-state index contributed by atoms with van der Waals surface area (Å²) in [6.45, 7) is 7.88. The molecule has 0 N–H and O–H groups in total. The summed E-state index contributed by atoms with van der Waals surface area (Å²) in [5.41, 5.74) is 2.73. The standard InChI is InChI=1S/C23H29N3O4S/c1-15-13-16(2)21(17(3)14-15)31(28,29)25(5)18(4)22-24-20-10-8-7-9-19(20)23(27)26(22)11-12-30-6/h7-10,13-14,18H,11-12H2,1-6H3. The van der Waals surface area contributed by atoms with Gasteiger partial charge in [0, 0.05) is 14.2 Å². The molecule has 0 spiro atoms. The summed E-state index contributed by atoms with van der Waals surface area (Å²) in [4.78, 5) is 18.1. The van der Waals surface area contributed by atoms with E-state index in [1.165, 1.54) is 15.9 Å². The van der Waals surface area contributed by atoms with Gasteiger partial charge < -0.3 is 4.74 Å². The molecule has 166 valence electrons. The van der Waals surface area contributed by atoms with Gasteiger partial charge in [0.1, 0.15) is 5.82 Å². The van der Waals surface area contributed by atoms with Gasteiger partial charge in [0.05, 0.1) is 35.0 Å². The van der Waals surface area contributed by atoms with Gasteiger partial charge in [-0.15, -0.1) is 0 Å². The number of rotatable bonds is 7. The highest BCUT2D eigenvalue weighted by atomic mass is 32.2. The van der Waals surface area contributed by atoms with Crippen molar-refractivity contribution in [3.63, 3.8) is 0 Å². The Kier molecular flexibility index (Phi) is 6.64. The minimum Gasteiger partial charge on any atom is -0.383 e. The van der Waals surface area contributed by atoms with Crippen LogP contribution in [0.15, 0.2) is 46.1 Å². The maximum Gasteiger partial charge on any atom is 0.261 e. The summed E-state index contributed by atoms with van der Waals surface area (Å²) in [7, 11) is -0.735. The number of ether oxygens (including phenoxy) is 1. The topological polar surface area (TPSA) is 81.5 Å². The molecule has 0 aliphatic carbocycles. The minimum absolute atomic E-state index is 0.210. The smallest absolute Gasteiger partial charge is 0.261 e. The van der Waals surface area contributed by atoms with E-state index < -0.39 is 16.1 Å². The van der Waals surface area contributed by atoms with Crippen molar-refractivity contribution in [2.75, 3.05) is 20.8 Å². The Morgan fingerprint density at radius 2 is 1.74 bits per heavy atom. The number of hydrogen-bond acceptors (Lipinski definition) is 5. The van der Waals surface area contributed by atoms with Gasteiger partial charge in [0.25, 0.3) is 5.56 Å². The van der Waals surface area contributed by atoms with Crippen molar-refractivity contribution in [1.82, 2.24) is 13.9 Å². The van der Waals surface area contributed by atoms with Crippen molar-refractivity contribution in [3.05, 3.63) is 69.3 Å². The van der Waals surface area contributed by atoms with Crippen molar-refractivity contribution in [3.8, 4) is 0 Å². The molecule has 1 unspecified atom stereocenters. The molecule has 0 radical (unpaired) electrons. The molecule has 0 fully saturated rings. The Morgan fingerprint density at radius 3 is 2.35 bits per heavy atom. The second kappa shape index (κ2) is 8.90. The van der Waals surface area contributed by atoms with Crippen molar-refractivity contribution >= 4 is 20.9 Å². The Labute approximate surface area is 183 Å². The second-order valence-electron chi connectivity index (χ2n) is 7.86. The van der Waals surface area contributed by atoms with E-state index in [9.17, 15) is 13.2 Å². The van der Waals surface area contributed by atoms with Gasteiger partial charge in [-0.1, -0.05) is 29.8 Å². The van der Waals surface area contributed by atoms with E-state index in [1.54, 1.807) is 46.1 Å². The van der Waals surface area contributed by atoms with Crippen LogP contribution >= 0.6 is 0 Å². The van der Waals surface area contributed by atoms with Crippen LogP contribution in [0.1, 0.15) is 35.5 Å². The fourth-order valence-corrected chi connectivity index (χ4v) is 5.72. The van der Waals surface area contributed by atoms with Gasteiger partial charge in [0.15, 0.2) is 0 Å². The molecule has 31 heavy (non-hydrogen) atoms. The van der Waals surface area contributed by atoms with Gasteiger partial charge in [0.2, 0.25) is 10.0 Å². The predicted molar refractivity (Wildman–Crippen MR) is 122 cm³/mol. The van der Waals surface area contributed by atoms with Crippen LogP contribution in [0.5, 0.6) is 0 Å². The zero-order chi connectivity index (χ0) is 22.9. The van der Waals surface area contributed by atoms with Crippen LogP contribution in [0.4, 0.5) is 0 Å². The average molecular weight is 444 g/mol. The highest BCUT2D eigenvalue weighted by Crippen LogP contribution is 2.29. The van der Waals surface area contributed by atoms with Crippen LogP contribution in [0.25, 0.3) is 10.9 Å². The molecule has 3 rings (SSSR count). The highest BCUT2D eigenvalue weighted by molar-refractivity contribution is 7.89. The summed E-state index contributed by atoms with van der Waals surface area (Å²) in [5, 5.41) is 0.491. The number of hydrogen-bond donors (Lipinski definition) is 0. The van der Waals surface area contributed by atoms with E-state index in [-0.39, 0.29) is 12.1 Å². The van der Waals surface area contributed by atoms with Gasteiger partial charge in [-0.25, -0.2) is 13.4 Å². The van der Waals surface area contributed by atoms with Crippen molar-refractivity contribution in [2.24, 2.45) is 0 Å². The second-order valence-corrected chi connectivity index (χ2v) is 9.80. The molecule has 3 aromatic rings. The van der Waals surface area contributed by atoms with E-state index in [0.29, 0.717) is 39.4 Å². The van der Waals surface area contributed by atoms with E-state index in [2.05, 4.69) is 4.98 Å². The van der Waals surface area contributed by atoms with Crippen LogP contribution < -0.4 is 5.56 Å². The monoisotopic (exact) mass is 443 g/mol. The van der Waals surface area contributed by atoms with Crippen molar-refractivity contribution in [2.45, 2.75) is 45.2 Å². The number of para-hydroxylation sites is 1. The largest absolute Gasteiger partial charge is 0.383 e. The first kappa shape index (κ1) is 23.1. The summed E-state index contributed by atoms with van der Waals surface area (Å²) < 4.78 is 35.1. The Bertz CT molecular complexity index is 1260. The molecule has 7 nitrogen and oxygen atoms in total. The lowest BCUT2D eigenvalue weighted by molar-refractivity contribution is 0.183. The maximum absolute atomic E-state index is 13.6. The molecule has 1 aromatic heterocycles. The highest BCUT2D eigenvalue weighted by Gasteiger charge is 2.31. The Balaban J connectivity index is 2.16. The lowest BCUT2D eigenvalue weighted by Gasteiger charge is -2.27. The van der Waals surface area contributed by atoms with Crippen molar-refractivity contribution in [1.29, 1.82) is 0 Å². The van der Waals surface area contributed by atoms with E-state index in [4.69, 9.17) is 4.74 Å². The number of aryl methyl sites for hydroxylation is 3. The molecule has 0 aliphatic heterocycles. The van der Waals surface area contributed by atoms with Crippen LogP contribution in [0.2, 0.25) is 0 Å². The first-order chi connectivity index (χ1) is 14.6. The predicted octanol–water partition coefficient (Wildman–Crippen LogP) is 3.35. The Hall–Kier alpha value is -2.55. The van der Waals surface area contributed by atoms with Gasteiger partial charge in [-0.3, -0.25) is 9.36 Å². The number of methoxy groups -OCH3 is 1. The zero-order valence-electron chi connectivity index (χ0n) is 18.8. The fraction of sp³-hybridized carbons (Fsp3) is 0.391. The number of fused-ring (bicyclic) bond motifs is 1. The third kappa shape index (κ3) is 4.28. The van der Waals surface area contributed by atoms with Crippen LogP contribution in [-0.2, 0) is 21.3 Å². The third-order valence-corrected chi connectivity index (χ3v) is 7.81. The molecule has 0 amide bonds. The Morgan fingerprint density at radius 1 is 1.13 bits per heavy atom. The lowest BCUT2D eigenvalue weighted by Crippen LogP contribution is -2.36. The van der Waals surface area contributed by atoms with Gasteiger partial charge in [-0.05, 0) is 51.0 Å². The quantitative estimate of drug-likeness (QED) is 0.559. The van der Waals surface area contributed by atoms with Gasteiger partial charge in [-0.2, -0.15) is 4.31 Å². The van der Waals surface area contributed by atoms with E-state index in [1.807, 2.05) is 25.1 Å². The summed E-state index contributed by atoms with van der Waals surface area (Å²) in [5.74, 6) is 0.384. The van der Waals surface area contributed by atoms with Crippen LogP contribution in [0.3, 0.4) is 0 Å². The average Bonchev–Trinajstić information content (AvgIpc) is 2.71. The zero-order valence-corrected chi connectivity index (χ0v) is 19.7. The molecule has 1 heterocycles. The van der Waals surface area contributed by atoms with E-state index >= 15 is 0 Å². The molecule has 0 saturated heterocycles. The van der Waals surface area contributed by atoms with Crippen LogP contribution in [-0.4, -0.2) is 43.0 Å². The lowest BCUT2D eigenvalue weighted by atomic mass is 10.1. The fourth-order valence-electron chi connectivity index (χ4n) is 3.99. The number of benzene rings is 2. The number of sulfonamides is 1. The summed E-state index contributed by atoms with van der Waals surface area (Å²) in [6.07, 6.45) is 0. The number of aromatic nitrogens is 2. The summed E-state index contributed by atoms with van der Waals surface area (Å²) in [6, 6.07) is 10.1. The molecule has 1 atom stereocenters. The minimum atomic E-state index is -3.82. The van der Waals surface area contributed by atoms with Gasteiger partial charge >= 0.3 is 0 Å². The summed E-state index contributed by atoms with van der Waals surface area (Å²) >= 11 is 0. The molecule has 0 aliphatic rings. The SMILES string of the molecule is COCCn1c(C(C)N(C)S(=O)(=O)c2c(C)cc(C)cc2C)nc2ccccc2c1=O. The molecule has 0 saturated carbocycles.